The summed E-state index contributed by atoms with van der Waals surface area (Å²) in [6, 6.07) is 7.24. The molecule has 86 valence electrons. The van der Waals surface area contributed by atoms with E-state index in [0.29, 0.717) is 32.6 Å². The predicted molar refractivity (Wildman–Crippen MR) is 70.0 cm³/mol. The lowest BCUT2D eigenvalue weighted by atomic mass is 10.3. The molecule has 0 fully saturated rings. The van der Waals surface area contributed by atoms with Gasteiger partial charge in [-0.15, -0.1) is 0 Å². The third-order valence-electron chi connectivity index (χ3n) is 2.45. The fourth-order valence-electron chi connectivity index (χ4n) is 1.73. The monoisotopic (exact) mass is 311 g/mol. The van der Waals surface area contributed by atoms with Crippen LogP contribution in [0.25, 0.3) is 17.1 Å². The van der Waals surface area contributed by atoms with Crippen molar-refractivity contribution in [2.45, 2.75) is 0 Å². The molecule has 0 aliphatic rings. The molecule has 4 nitrogen and oxygen atoms in total. The summed E-state index contributed by atoms with van der Waals surface area (Å²) in [6.07, 6.45) is 1.84. The van der Waals surface area contributed by atoms with Gasteiger partial charge < -0.3 is 10.2 Å². The maximum absolute atomic E-state index is 6.07. The van der Waals surface area contributed by atoms with Crippen LogP contribution in [0.5, 0.6) is 0 Å². The quantitative estimate of drug-likeness (QED) is 0.747. The number of hydrogen-bond acceptors (Lipinski definition) is 3. The lowest BCUT2D eigenvalue weighted by molar-refractivity contribution is 0.551. The van der Waals surface area contributed by atoms with Gasteiger partial charge in [0.15, 0.2) is 21.4 Å². The molecule has 2 N–H and O–H groups in total. The molecule has 0 radical (unpaired) electrons. The van der Waals surface area contributed by atoms with E-state index < -0.39 is 0 Å². The number of rotatable bonds is 1. The van der Waals surface area contributed by atoms with E-state index in [1.54, 1.807) is 12.1 Å². The van der Waals surface area contributed by atoms with Crippen molar-refractivity contribution in [2.24, 2.45) is 0 Å². The number of halogens is 2. The van der Waals surface area contributed by atoms with Crippen molar-refractivity contribution in [3.8, 4) is 11.6 Å². The topological polar surface area (TPSA) is 56.5 Å². The normalized spacial score (nSPS) is 11.2. The molecular weight excluding hydrogens is 305 g/mol. The molecule has 0 aliphatic carbocycles. The summed E-state index contributed by atoms with van der Waals surface area (Å²) in [4.78, 5) is 4.27. The molecule has 17 heavy (non-hydrogen) atoms. The molecule has 0 saturated carbocycles. The van der Waals surface area contributed by atoms with Crippen LogP contribution in [0.3, 0.4) is 0 Å². The second-order valence-corrected chi connectivity index (χ2v) is 4.65. The van der Waals surface area contributed by atoms with E-state index in [1.165, 1.54) is 0 Å². The first-order valence-corrected chi connectivity index (χ1v) is 6.01. The van der Waals surface area contributed by atoms with Gasteiger partial charge >= 0.3 is 0 Å². The van der Waals surface area contributed by atoms with Crippen molar-refractivity contribution in [2.75, 3.05) is 5.73 Å². The Balaban J connectivity index is 2.35. The lowest BCUT2D eigenvalue weighted by Gasteiger charge is -1.99. The highest BCUT2D eigenvalue weighted by Gasteiger charge is 2.15. The molecule has 3 aromatic heterocycles. The second kappa shape index (κ2) is 3.78. The van der Waals surface area contributed by atoms with Crippen molar-refractivity contribution in [3.05, 3.63) is 40.3 Å². The zero-order valence-electron chi connectivity index (χ0n) is 8.52. The zero-order valence-corrected chi connectivity index (χ0v) is 10.9. The van der Waals surface area contributed by atoms with Crippen LogP contribution in [-0.2, 0) is 0 Å². The van der Waals surface area contributed by atoms with Crippen LogP contribution in [-0.4, -0.2) is 9.38 Å². The number of hydrogen-bond donors (Lipinski definition) is 1. The first-order chi connectivity index (χ1) is 8.16. The number of anilines is 1. The number of pyridine rings is 1. The van der Waals surface area contributed by atoms with Crippen LogP contribution in [0.4, 0.5) is 5.69 Å². The maximum Gasteiger partial charge on any atom is 0.182 e. The second-order valence-electron chi connectivity index (χ2n) is 3.51. The Morgan fingerprint density at radius 1 is 1.35 bits per heavy atom. The number of nitrogens with zero attached hydrogens (tertiary/aromatic N) is 2. The standard InChI is InChI=1S/C11H7BrClN3O/c12-8-4-3-7(17-8)11-15-10(13)9-6(14)2-1-5-16(9)11/h1-5H,14H2. The van der Waals surface area contributed by atoms with Gasteiger partial charge in [-0.3, -0.25) is 4.40 Å². The lowest BCUT2D eigenvalue weighted by Crippen LogP contribution is -1.92. The SMILES string of the molecule is Nc1cccn2c(-c3ccc(Br)o3)nc(Cl)c12. The highest BCUT2D eigenvalue weighted by atomic mass is 79.9. The molecule has 0 atom stereocenters. The van der Waals surface area contributed by atoms with Gasteiger partial charge in [-0.05, 0) is 40.2 Å². The Labute approximate surface area is 110 Å². The van der Waals surface area contributed by atoms with Crippen molar-refractivity contribution in [1.29, 1.82) is 0 Å². The molecule has 0 aliphatic heterocycles. The largest absolute Gasteiger partial charge is 0.446 e. The number of imidazole rings is 1. The van der Waals surface area contributed by atoms with Gasteiger partial charge in [0.2, 0.25) is 0 Å². The summed E-state index contributed by atoms with van der Waals surface area (Å²) in [5.74, 6) is 1.26. The number of aromatic nitrogens is 2. The van der Waals surface area contributed by atoms with Gasteiger partial charge in [-0.25, -0.2) is 4.98 Å². The Morgan fingerprint density at radius 2 is 2.18 bits per heavy atom. The minimum absolute atomic E-state index is 0.366. The number of nitrogen functional groups attached to an aromatic ring is 1. The van der Waals surface area contributed by atoms with E-state index >= 15 is 0 Å². The van der Waals surface area contributed by atoms with Crippen molar-refractivity contribution in [3.63, 3.8) is 0 Å². The molecule has 6 heteroatoms. The first-order valence-electron chi connectivity index (χ1n) is 4.84. The minimum Gasteiger partial charge on any atom is -0.446 e. The average Bonchev–Trinajstić information content (AvgIpc) is 2.84. The summed E-state index contributed by atoms with van der Waals surface area (Å²) in [7, 11) is 0. The smallest absolute Gasteiger partial charge is 0.182 e. The molecule has 3 heterocycles. The fraction of sp³-hybridized carbons (Fsp3) is 0. The molecule has 0 unspecified atom stereocenters. The minimum atomic E-state index is 0.366. The van der Waals surface area contributed by atoms with Gasteiger partial charge in [-0.2, -0.15) is 0 Å². The van der Waals surface area contributed by atoms with E-state index in [9.17, 15) is 0 Å². The van der Waals surface area contributed by atoms with Crippen LogP contribution < -0.4 is 5.73 Å². The number of nitrogens with two attached hydrogens (primary N) is 1. The number of fused-ring (bicyclic) bond motifs is 1. The van der Waals surface area contributed by atoms with Crippen LogP contribution in [0.2, 0.25) is 5.15 Å². The Morgan fingerprint density at radius 3 is 2.88 bits per heavy atom. The molecule has 0 amide bonds. The van der Waals surface area contributed by atoms with Crippen LogP contribution in [0.15, 0.2) is 39.5 Å². The van der Waals surface area contributed by atoms with Crippen LogP contribution in [0, 0.1) is 0 Å². The van der Waals surface area contributed by atoms with E-state index in [-0.39, 0.29) is 0 Å². The van der Waals surface area contributed by atoms with Gasteiger partial charge in [0.1, 0.15) is 5.52 Å². The van der Waals surface area contributed by atoms with Gasteiger partial charge in [0.05, 0.1) is 5.69 Å². The van der Waals surface area contributed by atoms with Crippen molar-refractivity contribution in [1.82, 2.24) is 9.38 Å². The predicted octanol–water partition coefficient (Wildman–Crippen LogP) is 3.59. The van der Waals surface area contributed by atoms with Crippen molar-refractivity contribution >= 4 is 38.7 Å². The summed E-state index contributed by atoms with van der Waals surface area (Å²) in [6.45, 7) is 0. The zero-order chi connectivity index (χ0) is 12.0. The van der Waals surface area contributed by atoms with Crippen LogP contribution >= 0.6 is 27.5 Å². The van der Waals surface area contributed by atoms with Gasteiger partial charge in [0.25, 0.3) is 0 Å². The summed E-state index contributed by atoms with van der Waals surface area (Å²) < 4.78 is 7.92. The van der Waals surface area contributed by atoms with Gasteiger partial charge in [-0.1, -0.05) is 11.6 Å². The van der Waals surface area contributed by atoms with E-state index in [4.69, 9.17) is 21.8 Å². The third kappa shape index (κ3) is 1.62. The molecule has 3 aromatic rings. The van der Waals surface area contributed by atoms with Crippen LogP contribution in [0.1, 0.15) is 0 Å². The maximum atomic E-state index is 6.07. The highest BCUT2D eigenvalue weighted by Crippen LogP contribution is 2.30. The summed E-state index contributed by atoms with van der Waals surface area (Å²) in [5.41, 5.74) is 7.14. The van der Waals surface area contributed by atoms with E-state index in [0.717, 1.165) is 0 Å². The average molecular weight is 313 g/mol. The number of furan rings is 1. The Kier molecular flexibility index (Phi) is 2.38. The fourth-order valence-corrected chi connectivity index (χ4v) is 2.32. The highest BCUT2D eigenvalue weighted by molar-refractivity contribution is 9.10. The molecule has 3 rings (SSSR count). The molecule has 0 saturated heterocycles. The molecule has 0 bridgehead atoms. The van der Waals surface area contributed by atoms with Gasteiger partial charge in [0, 0.05) is 6.20 Å². The molecule has 0 spiro atoms. The first kappa shape index (κ1) is 10.7. The molecule has 0 aromatic carbocycles. The molecular formula is C11H7BrClN3O. The summed E-state index contributed by atoms with van der Waals surface area (Å²) in [5, 5.41) is 0.366. The summed E-state index contributed by atoms with van der Waals surface area (Å²) >= 11 is 9.33. The Bertz CT molecular complexity index is 704. The van der Waals surface area contributed by atoms with Crippen molar-refractivity contribution < 1.29 is 4.42 Å². The van der Waals surface area contributed by atoms with E-state index in [1.807, 2.05) is 22.7 Å². The third-order valence-corrected chi connectivity index (χ3v) is 3.14. The van der Waals surface area contributed by atoms with E-state index in [2.05, 4.69) is 20.9 Å². The Hall–Kier alpha value is -1.46.